The second kappa shape index (κ2) is 6.06. The van der Waals surface area contributed by atoms with Crippen molar-refractivity contribution >= 4 is 29.4 Å². The van der Waals surface area contributed by atoms with Crippen LogP contribution in [0.3, 0.4) is 0 Å². The molecule has 1 rings (SSSR count). The van der Waals surface area contributed by atoms with E-state index in [9.17, 15) is 5.11 Å². The van der Waals surface area contributed by atoms with Crippen LogP contribution in [0, 0.1) is 0 Å². The van der Waals surface area contributed by atoms with Crippen LogP contribution in [0.4, 0.5) is 0 Å². The number of aromatic hydroxyl groups is 1. The topological polar surface area (TPSA) is 78.8 Å². The third kappa shape index (κ3) is 3.64. The number of halogens is 2. The van der Waals surface area contributed by atoms with Crippen LogP contribution in [-0.4, -0.2) is 35.6 Å². The fourth-order valence-corrected chi connectivity index (χ4v) is 1.54. The zero-order valence-electron chi connectivity index (χ0n) is 8.40. The molecule has 1 aromatic rings. The fourth-order valence-electron chi connectivity index (χ4n) is 1.03. The number of aliphatic hydroxyl groups excluding tert-OH is 1. The van der Waals surface area contributed by atoms with Gasteiger partial charge < -0.3 is 15.9 Å². The summed E-state index contributed by atoms with van der Waals surface area (Å²) in [7, 11) is 0. The van der Waals surface area contributed by atoms with Crippen LogP contribution in [-0.2, 0) is 0 Å². The molecule has 4 N–H and O–H groups in total. The highest BCUT2D eigenvalue weighted by atomic mass is 35.5. The maximum absolute atomic E-state index is 9.58. The Morgan fingerprint density at radius 2 is 2.12 bits per heavy atom. The Bertz CT molecular complexity index is 397. The fraction of sp³-hybridized carbons (Fsp3) is 0.300. The summed E-state index contributed by atoms with van der Waals surface area (Å²) < 4.78 is 0. The van der Waals surface area contributed by atoms with Crippen molar-refractivity contribution in [2.75, 3.05) is 13.1 Å². The van der Waals surface area contributed by atoms with E-state index in [2.05, 4.69) is 4.99 Å². The largest absolute Gasteiger partial charge is 0.506 e. The average molecular weight is 263 g/mol. The Morgan fingerprint density at radius 3 is 2.75 bits per heavy atom. The molecular weight excluding hydrogens is 251 g/mol. The first kappa shape index (κ1) is 13.3. The summed E-state index contributed by atoms with van der Waals surface area (Å²) in [6.07, 6.45) is 0.708. The highest BCUT2D eigenvalue weighted by Gasteiger charge is 2.06. The molecule has 0 bridgehead atoms. The molecule has 4 nitrogen and oxygen atoms in total. The maximum atomic E-state index is 9.58. The molecule has 0 aliphatic rings. The second-order valence-electron chi connectivity index (χ2n) is 3.21. The van der Waals surface area contributed by atoms with Crippen molar-refractivity contribution in [2.24, 2.45) is 10.7 Å². The van der Waals surface area contributed by atoms with Crippen molar-refractivity contribution in [3.63, 3.8) is 0 Å². The predicted octanol–water partition coefficient (Wildman–Crippen LogP) is 1.44. The lowest BCUT2D eigenvalue weighted by atomic mass is 10.2. The number of benzene rings is 1. The van der Waals surface area contributed by atoms with Gasteiger partial charge in [0.15, 0.2) is 0 Å². The molecule has 1 unspecified atom stereocenters. The van der Waals surface area contributed by atoms with Crippen LogP contribution in [0.1, 0.15) is 5.56 Å². The Kier molecular flexibility index (Phi) is 5.02. The third-order valence-corrected chi connectivity index (χ3v) is 2.38. The molecule has 0 aromatic heterocycles. The minimum atomic E-state index is -0.687. The number of nitrogens with zero attached hydrogens (tertiary/aromatic N) is 1. The van der Waals surface area contributed by atoms with Gasteiger partial charge in [-0.1, -0.05) is 23.2 Å². The molecule has 0 radical (unpaired) electrons. The molecule has 0 spiro atoms. The van der Waals surface area contributed by atoms with Crippen LogP contribution in [0.5, 0.6) is 5.75 Å². The minimum Gasteiger partial charge on any atom is -0.506 e. The third-order valence-electron chi connectivity index (χ3n) is 1.88. The van der Waals surface area contributed by atoms with Gasteiger partial charge in [0.2, 0.25) is 0 Å². The molecule has 0 heterocycles. The lowest BCUT2D eigenvalue weighted by Crippen LogP contribution is -2.22. The Labute approximate surface area is 103 Å². The first-order valence-corrected chi connectivity index (χ1v) is 5.36. The number of phenols is 1. The van der Waals surface area contributed by atoms with E-state index in [-0.39, 0.29) is 23.9 Å². The molecule has 6 heteroatoms. The van der Waals surface area contributed by atoms with E-state index in [0.717, 1.165) is 0 Å². The van der Waals surface area contributed by atoms with Crippen LogP contribution >= 0.6 is 23.2 Å². The number of nitrogens with two attached hydrogens (primary N) is 1. The van der Waals surface area contributed by atoms with Gasteiger partial charge >= 0.3 is 0 Å². The normalized spacial score (nSPS) is 13.2. The Hall–Kier alpha value is -0.810. The molecule has 0 saturated heterocycles. The van der Waals surface area contributed by atoms with Gasteiger partial charge in [-0.2, -0.15) is 0 Å². The average Bonchev–Trinajstić information content (AvgIpc) is 2.24. The van der Waals surface area contributed by atoms with E-state index >= 15 is 0 Å². The molecule has 0 fully saturated rings. The van der Waals surface area contributed by atoms with Gasteiger partial charge in [0, 0.05) is 23.3 Å². The molecule has 0 aliphatic heterocycles. The smallest absolute Gasteiger partial charge is 0.143 e. The summed E-state index contributed by atoms with van der Waals surface area (Å²) in [5.41, 5.74) is 5.62. The van der Waals surface area contributed by atoms with Crippen molar-refractivity contribution in [3.8, 4) is 5.75 Å². The lowest BCUT2D eigenvalue weighted by molar-refractivity contribution is 0.192. The van der Waals surface area contributed by atoms with Crippen molar-refractivity contribution in [2.45, 2.75) is 6.10 Å². The highest BCUT2D eigenvalue weighted by molar-refractivity contribution is 6.36. The zero-order chi connectivity index (χ0) is 12.1. The minimum absolute atomic E-state index is 0.0861. The molecular formula is C10H12Cl2N2O2. The van der Waals surface area contributed by atoms with Gasteiger partial charge in [0.05, 0.1) is 17.7 Å². The summed E-state index contributed by atoms with van der Waals surface area (Å²) >= 11 is 11.5. The number of phenolic OH excluding ortho intramolecular Hbond substituents is 1. The van der Waals surface area contributed by atoms with Crippen molar-refractivity contribution in [3.05, 3.63) is 27.7 Å². The van der Waals surface area contributed by atoms with E-state index in [1.807, 2.05) is 0 Å². The van der Waals surface area contributed by atoms with E-state index in [1.165, 1.54) is 18.3 Å². The molecule has 0 aliphatic carbocycles. The second-order valence-corrected chi connectivity index (χ2v) is 4.05. The Balaban J connectivity index is 2.81. The van der Waals surface area contributed by atoms with Crippen molar-refractivity contribution < 1.29 is 10.2 Å². The van der Waals surface area contributed by atoms with Gasteiger partial charge in [0.25, 0.3) is 0 Å². The summed E-state index contributed by atoms with van der Waals surface area (Å²) in [5, 5.41) is 19.3. The van der Waals surface area contributed by atoms with Gasteiger partial charge in [-0.3, -0.25) is 4.99 Å². The molecule has 1 aromatic carbocycles. The lowest BCUT2D eigenvalue weighted by Gasteiger charge is -2.04. The van der Waals surface area contributed by atoms with E-state index in [0.29, 0.717) is 10.6 Å². The SMILES string of the molecule is NCC(O)CN=Cc1cc(Cl)cc(Cl)c1O. The number of hydrogen-bond acceptors (Lipinski definition) is 4. The van der Waals surface area contributed by atoms with Crippen LogP contribution < -0.4 is 5.73 Å². The molecule has 88 valence electrons. The highest BCUT2D eigenvalue weighted by Crippen LogP contribution is 2.29. The number of hydrogen-bond donors (Lipinski definition) is 3. The number of rotatable bonds is 4. The van der Waals surface area contributed by atoms with Crippen LogP contribution in [0.25, 0.3) is 0 Å². The van der Waals surface area contributed by atoms with Gasteiger partial charge in [-0.25, -0.2) is 0 Å². The summed E-state index contributed by atoms with van der Waals surface area (Å²) in [6.45, 7) is 0.305. The Morgan fingerprint density at radius 1 is 1.44 bits per heavy atom. The van der Waals surface area contributed by atoms with Crippen LogP contribution in [0.2, 0.25) is 10.0 Å². The van der Waals surface area contributed by atoms with E-state index < -0.39 is 6.10 Å². The van der Waals surface area contributed by atoms with E-state index in [1.54, 1.807) is 0 Å². The van der Waals surface area contributed by atoms with Gasteiger partial charge in [0.1, 0.15) is 5.75 Å². The molecule has 1 atom stereocenters. The monoisotopic (exact) mass is 262 g/mol. The number of aliphatic hydroxyl groups is 1. The quantitative estimate of drug-likeness (QED) is 0.719. The first-order chi connectivity index (χ1) is 7.54. The van der Waals surface area contributed by atoms with Gasteiger partial charge in [-0.15, -0.1) is 0 Å². The summed E-state index contributed by atoms with van der Waals surface area (Å²) in [5.74, 6) is -0.0861. The summed E-state index contributed by atoms with van der Waals surface area (Å²) in [4.78, 5) is 3.92. The van der Waals surface area contributed by atoms with Gasteiger partial charge in [-0.05, 0) is 12.1 Å². The van der Waals surface area contributed by atoms with E-state index in [4.69, 9.17) is 34.0 Å². The number of aliphatic imine (C=N–C) groups is 1. The maximum Gasteiger partial charge on any atom is 0.143 e. The summed E-state index contributed by atoms with van der Waals surface area (Å²) in [6, 6.07) is 2.96. The molecule has 0 saturated carbocycles. The van der Waals surface area contributed by atoms with Crippen molar-refractivity contribution in [1.82, 2.24) is 0 Å². The molecule has 16 heavy (non-hydrogen) atoms. The van der Waals surface area contributed by atoms with Crippen LogP contribution in [0.15, 0.2) is 17.1 Å². The van der Waals surface area contributed by atoms with Crippen molar-refractivity contribution in [1.29, 1.82) is 0 Å². The zero-order valence-corrected chi connectivity index (χ0v) is 9.91. The first-order valence-electron chi connectivity index (χ1n) is 4.60. The standard InChI is InChI=1S/C10H12Cl2N2O2/c11-7-1-6(10(16)9(12)2-7)4-14-5-8(15)3-13/h1-2,4,8,15-16H,3,5,13H2. The molecule has 0 amide bonds. The predicted molar refractivity (Wildman–Crippen MR) is 65.6 cm³/mol.